The van der Waals surface area contributed by atoms with E-state index in [0.29, 0.717) is 0 Å². The molecule has 8 heteroatoms. The van der Waals surface area contributed by atoms with Crippen LogP contribution in [0.15, 0.2) is 24.3 Å². The van der Waals surface area contributed by atoms with Crippen molar-refractivity contribution in [2.24, 2.45) is 0 Å². The Labute approximate surface area is 91.0 Å². The average molecular weight is 229 g/mol. The first-order valence-corrected chi connectivity index (χ1v) is 4.09. The number of nitro groups is 1. The maximum atomic E-state index is 10.4. The quantitative estimate of drug-likeness (QED) is 0.604. The summed E-state index contributed by atoms with van der Waals surface area (Å²) in [7, 11) is 3.69. The summed E-state index contributed by atoms with van der Waals surface area (Å²) < 4.78 is 0. The van der Waals surface area contributed by atoms with Crippen molar-refractivity contribution < 1.29 is 15.2 Å². The largest absolute Gasteiger partial charge is 0.377 e. The smallest absolute Gasteiger partial charge is 0.291 e. The van der Waals surface area contributed by atoms with E-state index in [4.69, 9.17) is 15.3 Å². The molecule has 0 radical (unpaired) electrons. The van der Waals surface area contributed by atoms with Gasteiger partial charge in [0.25, 0.3) is 10.8 Å². The van der Waals surface area contributed by atoms with Crippen molar-refractivity contribution in [2.45, 2.75) is 0 Å². The predicted octanol–water partition coefficient (Wildman–Crippen LogP) is 1.31. The van der Waals surface area contributed by atoms with E-state index in [1.807, 2.05) is 25.1 Å². The summed E-state index contributed by atoms with van der Waals surface area (Å²) >= 11 is 0. The van der Waals surface area contributed by atoms with Crippen LogP contribution in [-0.2, 0) is 0 Å². The second-order valence-corrected chi connectivity index (χ2v) is 2.91. The minimum absolute atomic E-state index is 0.126. The van der Waals surface area contributed by atoms with Crippen LogP contribution in [0.2, 0.25) is 0 Å². The van der Waals surface area contributed by atoms with Crippen LogP contribution >= 0.6 is 0 Å². The molecule has 0 aliphatic rings. The van der Waals surface area contributed by atoms with Crippen molar-refractivity contribution >= 4 is 11.4 Å². The summed E-state index contributed by atoms with van der Waals surface area (Å²) in [5.74, 6) is 0. The number of anilines is 1. The second-order valence-electron chi connectivity index (χ2n) is 2.91. The third-order valence-electron chi connectivity index (χ3n) is 1.56. The van der Waals surface area contributed by atoms with E-state index in [1.165, 1.54) is 6.07 Å². The second kappa shape index (κ2) is 6.17. The molecular formula is C8H11N3O5. The molecule has 1 N–H and O–H groups in total. The predicted molar refractivity (Wildman–Crippen MR) is 56.2 cm³/mol. The van der Waals surface area contributed by atoms with Gasteiger partial charge in [-0.1, -0.05) is 6.07 Å². The first kappa shape index (κ1) is 13.6. The number of hydrogen-bond acceptors (Lipinski definition) is 5. The normalized spacial score (nSPS) is 8.62. The molecule has 0 fully saturated rings. The Morgan fingerprint density at radius 2 is 1.75 bits per heavy atom. The molecule has 0 atom stereocenters. The molecule has 0 saturated heterocycles. The van der Waals surface area contributed by atoms with Crippen molar-refractivity contribution in [3.05, 3.63) is 44.5 Å². The SMILES string of the molecule is CN(C)c1cccc([N+](=O)[O-])c1.O=[N+]([O-])O. The molecule has 0 amide bonds. The van der Waals surface area contributed by atoms with Crippen molar-refractivity contribution in [3.63, 3.8) is 0 Å². The van der Waals surface area contributed by atoms with Gasteiger partial charge in [0.05, 0.1) is 4.92 Å². The molecule has 16 heavy (non-hydrogen) atoms. The van der Waals surface area contributed by atoms with Crippen molar-refractivity contribution in [3.8, 4) is 0 Å². The molecule has 0 bridgehead atoms. The Bertz CT molecular complexity index is 376. The van der Waals surface area contributed by atoms with E-state index in [9.17, 15) is 10.1 Å². The van der Waals surface area contributed by atoms with Gasteiger partial charge in [-0.25, -0.2) is 0 Å². The van der Waals surface area contributed by atoms with E-state index in [1.54, 1.807) is 12.1 Å². The van der Waals surface area contributed by atoms with Crippen LogP contribution in [0, 0.1) is 20.2 Å². The summed E-state index contributed by atoms with van der Waals surface area (Å²) in [4.78, 5) is 20.2. The van der Waals surface area contributed by atoms with Gasteiger partial charge in [-0.2, -0.15) is 0 Å². The molecule has 1 aromatic rings. The first-order valence-electron chi connectivity index (χ1n) is 4.09. The Balaban J connectivity index is 0.000000487. The number of nitrogens with zero attached hydrogens (tertiary/aromatic N) is 3. The fraction of sp³-hybridized carbons (Fsp3) is 0.250. The van der Waals surface area contributed by atoms with Crippen LogP contribution in [0.4, 0.5) is 11.4 Å². The Morgan fingerprint density at radius 3 is 2.12 bits per heavy atom. The number of non-ortho nitro benzene ring substituents is 1. The molecule has 0 spiro atoms. The number of nitro benzene ring substituents is 1. The number of hydrogen-bond donors (Lipinski definition) is 1. The topological polar surface area (TPSA) is 110 Å². The highest BCUT2D eigenvalue weighted by Crippen LogP contribution is 2.18. The zero-order valence-corrected chi connectivity index (χ0v) is 8.73. The molecular weight excluding hydrogens is 218 g/mol. The number of rotatable bonds is 2. The summed E-state index contributed by atoms with van der Waals surface area (Å²) in [5, 5.41) is 24.0. The van der Waals surface area contributed by atoms with Gasteiger partial charge in [-0.15, -0.1) is 10.1 Å². The third-order valence-corrected chi connectivity index (χ3v) is 1.56. The van der Waals surface area contributed by atoms with Gasteiger partial charge in [0.15, 0.2) is 0 Å². The highest BCUT2D eigenvalue weighted by molar-refractivity contribution is 5.51. The van der Waals surface area contributed by atoms with Crippen LogP contribution in [0.5, 0.6) is 0 Å². The lowest BCUT2D eigenvalue weighted by Crippen LogP contribution is -2.08. The van der Waals surface area contributed by atoms with Crippen molar-refractivity contribution in [2.75, 3.05) is 19.0 Å². The average Bonchev–Trinajstić information content (AvgIpc) is 2.17. The summed E-state index contributed by atoms with van der Waals surface area (Å²) in [6.45, 7) is 0. The third kappa shape index (κ3) is 5.37. The molecule has 0 aliphatic heterocycles. The summed E-state index contributed by atoms with van der Waals surface area (Å²) in [5.41, 5.74) is 0.963. The standard InChI is InChI=1S/C8H10N2O2.HNO3/c1-9(2)7-4-3-5-8(6-7)10(11)12;2-1(3)4/h3-6H,1-2H3;(H,2,3,4). The fourth-order valence-corrected chi connectivity index (χ4v) is 0.885. The maximum Gasteiger partial charge on any atom is 0.291 e. The monoisotopic (exact) mass is 229 g/mol. The van der Waals surface area contributed by atoms with Gasteiger partial charge >= 0.3 is 0 Å². The highest BCUT2D eigenvalue weighted by atomic mass is 16.9. The zero-order valence-electron chi connectivity index (χ0n) is 8.73. The summed E-state index contributed by atoms with van der Waals surface area (Å²) in [6.07, 6.45) is 0. The Morgan fingerprint density at radius 1 is 1.25 bits per heavy atom. The summed E-state index contributed by atoms with van der Waals surface area (Å²) in [6, 6.07) is 6.52. The molecule has 0 heterocycles. The van der Waals surface area contributed by atoms with E-state index >= 15 is 0 Å². The Hall–Kier alpha value is -2.38. The van der Waals surface area contributed by atoms with Gasteiger partial charge in [-0.05, 0) is 6.07 Å². The maximum absolute atomic E-state index is 10.4. The molecule has 88 valence electrons. The van der Waals surface area contributed by atoms with Crippen molar-refractivity contribution in [1.29, 1.82) is 0 Å². The molecule has 1 rings (SSSR count). The lowest BCUT2D eigenvalue weighted by molar-refractivity contribution is -0.742. The van der Waals surface area contributed by atoms with E-state index in [-0.39, 0.29) is 5.69 Å². The molecule has 1 aromatic carbocycles. The van der Waals surface area contributed by atoms with Crippen LogP contribution in [0.1, 0.15) is 0 Å². The number of benzene rings is 1. The fourth-order valence-electron chi connectivity index (χ4n) is 0.885. The molecule has 8 nitrogen and oxygen atoms in total. The van der Waals surface area contributed by atoms with Gasteiger partial charge in [0.2, 0.25) is 0 Å². The Kier molecular flexibility index (Phi) is 5.25. The lowest BCUT2D eigenvalue weighted by Gasteiger charge is -2.10. The minimum Gasteiger partial charge on any atom is -0.377 e. The molecule has 0 unspecified atom stereocenters. The van der Waals surface area contributed by atoms with Gasteiger partial charge in [-0.3, -0.25) is 10.1 Å². The minimum atomic E-state index is -1.50. The van der Waals surface area contributed by atoms with Crippen molar-refractivity contribution in [1.82, 2.24) is 0 Å². The zero-order chi connectivity index (χ0) is 12.7. The van der Waals surface area contributed by atoms with Gasteiger partial charge < -0.3 is 10.1 Å². The molecule has 0 aromatic heterocycles. The molecule has 0 saturated carbocycles. The van der Waals surface area contributed by atoms with Gasteiger partial charge in [0.1, 0.15) is 0 Å². The van der Waals surface area contributed by atoms with Crippen LogP contribution < -0.4 is 4.90 Å². The van der Waals surface area contributed by atoms with E-state index in [0.717, 1.165) is 5.69 Å². The molecule has 0 aliphatic carbocycles. The van der Waals surface area contributed by atoms with Gasteiger partial charge in [0, 0.05) is 31.9 Å². The van der Waals surface area contributed by atoms with Crippen LogP contribution in [0.3, 0.4) is 0 Å². The van der Waals surface area contributed by atoms with E-state index in [2.05, 4.69) is 0 Å². The highest BCUT2D eigenvalue weighted by Gasteiger charge is 2.05. The van der Waals surface area contributed by atoms with Crippen LogP contribution in [-0.4, -0.2) is 29.3 Å². The lowest BCUT2D eigenvalue weighted by atomic mass is 10.3. The first-order chi connectivity index (χ1) is 7.34. The van der Waals surface area contributed by atoms with E-state index < -0.39 is 10.0 Å². The van der Waals surface area contributed by atoms with Crippen LogP contribution in [0.25, 0.3) is 0 Å².